The number of carbonyl (C=O) groups is 1. The maximum Gasteiger partial charge on any atom is 0.228 e. The predicted octanol–water partition coefficient (Wildman–Crippen LogP) is 1.04. The quantitative estimate of drug-likeness (QED) is 0.897. The van der Waals surface area contributed by atoms with Crippen LogP contribution in [-0.2, 0) is 14.8 Å². The molecule has 1 atom stereocenters. The summed E-state index contributed by atoms with van der Waals surface area (Å²) >= 11 is 0. The Balaban J connectivity index is 2.10. The molecule has 1 saturated heterocycles. The zero-order valence-corrected chi connectivity index (χ0v) is 11.9. The van der Waals surface area contributed by atoms with E-state index in [-0.39, 0.29) is 24.1 Å². The van der Waals surface area contributed by atoms with Gasteiger partial charge in [-0.3, -0.25) is 4.79 Å². The monoisotopic (exact) mass is 282 g/mol. The van der Waals surface area contributed by atoms with E-state index in [0.717, 1.165) is 11.3 Å². The van der Waals surface area contributed by atoms with Gasteiger partial charge in [-0.15, -0.1) is 0 Å². The summed E-state index contributed by atoms with van der Waals surface area (Å²) in [5.74, 6) is -0.0185. The van der Waals surface area contributed by atoms with Gasteiger partial charge in [0.05, 0.1) is 5.75 Å². The minimum atomic E-state index is -3.27. The second-order valence-electron chi connectivity index (χ2n) is 4.76. The fourth-order valence-electron chi connectivity index (χ4n) is 2.10. The van der Waals surface area contributed by atoms with Crippen LogP contribution in [-0.4, -0.2) is 32.7 Å². The number of sulfonamides is 1. The summed E-state index contributed by atoms with van der Waals surface area (Å²) in [5.41, 5.74) is 1.94. The summed E-state index contributed by atoms with van der Waals surface area (Å²) in [6, 6.07) is 7.30. The largest absolute Gasteiger partial charge is 0.311 e. The smallest absolute Gasteiger partial charge is 0.228 e. The lowest BCUT2D eigenvalue weighted by atomic mass is 10.2. The Labute approximate surface area is 113 Å². The maximum absolute atomic E-state index is 11.9. The third-order valence-electron chi connectivity index (χ3n) is 3.20. The Morgan fingerprint density at radius 3 is 2.53 bits per heavy atom. The first-order valence-electron chi connectivity index (χ1n) is 6.28. The molecule has 0 bridgehead atoms. The Bertz CT molecular complexity index is 566. The normalized spacial score (nSPS) is 20.0. The summed E-state index contributed by atoms with van der Waals surface area (Å²) in [7, 11) is -3.27. The molecular weight excluding hydrogens is 264 g/mol. The molecule has 0 aromatic heterocycles. The van der Waals surface area contributed by atoms with E-state index in [1.165, 1.54) is 0 Å². The molecule has 1 fully saturated rings. The highest BCUT2D eigenvalue weighted by Crippen LogP contribution is 2.22. The number of anilines is 1. The number of amides is 1. The summed E-state index contributed by atoms with van der Waals surface area (Å²) in [6.45, 7) is 3.95. The minimum absolute atomic E-state index is 0.0300. The van der Waals surface area contributed by atoms with Crippen molar-refractivity contribution >= 4 is 21.6 Å². The van der Waals surface area contributed by atoms with Gasteiger partial charge in [0.15, 0.2) is 0 Å². The molecule has 0 radical (unpaired) electrons. The number of hydrogen-bond acceptors (Lipinski definition) is 3. The highest BCUT2D eigenvalue weighted by Gasteiger charge is 2.32. The Morgan fingerprint density at radius 2 is 1.95 bits per heavy atom. The van der Waals surface area contributed by atoms with Gasteiger partial charge in [0.1, 0.15) is 0 Å². The highest BCUT2D eigenvalue weighted by atomic mass is 32.2. The molecule has 2 rings (SSSR count). The van der Waals surface area contributed by atoms with Crippen LogP contribution in [0, 0.1) is 6.92 Å². The second-order valence-corrected chi connectivity index (χ2v) is 6.80. The molecule has 1 aromatic rings. The van der Waals surface area contributed by atoms with Crippen molar-refractivity contribution < 1.29 is 13.2 Å². The van der Waals surface area contributed by atoms with Crippen molar-refractivity contribution in [3.05, 3.63) is 29.8 Å². The summed E-state index contributed by atoms with van der Waals surface area (Å²) in [4.78, 5) is 13.6. The van der Waals surface area contributed by atoms with Gasteiger partial charge in [0.25, 0.3) is 0 Å². The van der Waals surface area contributed by atoms with Crippen molar-refractivity contribution in [2.45, 2.75) is 26.3 Å². The van der Waals surface area contributed by atoms with Crippen LogP contribution in [0.15, 0.2) is 24.3 Å². The van der Waals surface area contributed by atoms with Gasteiger partial charge in [-0.1, -0.05) is 17.7 Å². The zero-order valence-electron chi connectivity index (χ0n) is 11.1. The SMILES string of the molecule is CCS(=O)(=O)NC1CC(=O)N(c2ccc(C)cc2)C1. The molecule has 5 nitrogen and oxygen atoms in total. The zero-order chi connectivity index (χ0) is 14.0. The van der Waals surface area contributed by atoms with Crippen molar-refractivity contribution in [1.82, 2.24) is 4.72 Å². The molecule has 1 aliphatic rings. The highest BCUT2D eigenvalue weighted by molar-refractivity contribution is 7.89. The summed E-state index contributed by atoms with van der Waals surface area (Å²) in [6.07, 6.45) is 0.215. The Kier molecular flexibility index (Phi) is 3.91. The number of nitrogens with one attached hydrogen (secondary N) is 1. The number of rotatable bonds is 4. The molecule has 1 aromatic carbocycles. The number of hydrogen-bond donors (Lipinski definition) is 1. The lowest BCUT2D eigenvalue weighted by molar-refractivity contribution is -0.117. The van der Waals surface area contributed by atoms with Crippen molar-refractivity contribution in [3.63, 3.8) is 0 Å². The number of nitrogens with zero attached hydrogens (tertiary/aromatic N) is 1. The van der Waals surface area contributed by atoms with Crippen molar-refractivity contribution in [3.8, 4) is 0 Å². The summed E-state index contributed by atoms with van der Waals surface area (Å²) < 4.78 is 25.6. The van der Waals surface area contributed by atoms with Crippen LogP contribution in [0.25, 0.3) is 0 Å². The fourth-order valence-corrected chi connectivity index (χ4v) is 2.93. The molecule has 1 N–H and O–H groups in total. The molecule has 104 valence electrons. The molecular formula is C13H18N2O3S. The van der Waals surface area contributed by atoms with E-state index in [1.807, 2.05) is 31.2 Å². The average Bonchev–Trinajstić information content (AvgIpc) is 2.70. The van der Waals surface area contributed by atoms with Crippen molar-refractivity contribution in [2.75, 3.05) is 17.2 Å². The Morgan fingerprint density at radius 1 is 1.32 bits per heavy atom. The number of benzene rings is 1. The van der Waals surface area contributed by atoms with E-state index in [2.05, 4.69) is 4.72 Å². The summed E-state index contributed by atoms with van der Waals surface area (Å²) in [5, 5.41) is 0. The van der Waals surface area contributed by atoms with E-state index in [0.29, 0.717) is 6.54 Å². The van der Waals surface area contributed by atoms with Gasteiger partial charge in [-0.05, 0) is 26.0 Å². The standard InChI is InChI=1S/C13H18N2O3S/c1-3-19(17,18)14-11-8-13(16)15(9-11)12-6-4-10(2)5-7-12/h4-7,11,14H,3,8-9H2,1-2H3. The molecule has 6 heteroatoms. The van der Waals surface area contributed by atoms with E-state index in [9.17, 15) is 13.2 Å². The van der Waals surface area contributed by atoms with E-state index < -0.39 is 10.0 Å². The lowest BCUT2D eigenvalue weighted by Crippen LogP contribution is -2.37. The first-order chi connectivity index (χ1) is 8.91. The van der Waals surface area contributed by atoms with Gasteiger partial charge < -0.3 is 4.90 Å². The van der Waals surface area contributed by atoms with Gasteiger partial charge >= 0.3 is 0 Å². The van der Waals surface area contributed by atoms with E-state index in [4.69, 9.17) is 0 Å². The van der Waals surface area contributed by atoms with Gasteiger partial charge in [0, 0.05) is 24.7 Å². The molecule has 1 heterocycles. The van der Waals surface area contributed by atoms with E-state index >= 15 is 0 Å². The topological polar surface area (TPSA) is 66.5 Å². The van der Waals surface area contributed by atoms with Crippen LogP contribution >= 0.6 is 0 Å². The van der Waals surface area contributed by atoms with Gasteiger partial charge in [0.2, 0.25) is 15.9 Å². The van der Waals surface area contributed by atoms with Gasteiger partial charge in [-0.2, -0.15) is 0 Å². The van der Waals surface area contributed by atoms with Crippen molar-refractivity contribution in [1.29, 1.82) is 0 Å². The van der Waals surface area contributed by atoms with Crippen LogP contribution in [0.3, 0.4) is 0 Å². The predicted molar refractivity (Wildman–Crippen MR) is 74.5 cm³/mol. The van der Waals surface area contributed by atoms with Crippen LogP contribution in [0.4, 0.5) is 5.69 Å². The van der Waals surface area contributed by atoms with Crippen LogP contribution in [0.1, 0.15) is 18.9 Å². The van der Waals surface area contributed by atoms with Crippen LogP contribution in [0.5, 0.6) is 0 Å². The fraction of sp³-hybridized carbons (Fsp3) is 0.462. The van der Waals surface area contributed by atoms with Crippen LogP contribution < -0.4 is 9.62 Å². The lowest BCUT2D eigenvalue weighted by Gasteiger charge is -2.17. The van der Waals surface area contributed by atoms with Crippen molar-refractivity contribution in [2.24, 2.45) is 0 Å². The first kappa shape index (κ1) is 14.0. The molecule has 0 spiro atoms. The molecule has 19 heavy (non-hydrogen) atoms. The maximum atomic E-state index is 11.9. The molecule has 0 aliphatic carbocycles. The van der Waals surface area contributed by atoms with E-state index in [1.54, 1.807) is 11.8 Å². The molecule has 0 saturated carbocycles. The minimum Gasteiger partial charge on any atom is -0.311 e. The third-order valence-corrected chi connectivity index (χ3v) is 4.65. The first-order valence-corrected chi connectivity index (χ1v) is 7.93. The number of carbonyl (C=O) groups excluding carboxylic acids is 1. The Hall–Kier alpha value is -1.40. The molecule has 1 unspecified atom stereocenters. The van der Waals surface area contributed by atoms with Crippen LogP contribution in [0.2, 0.25) is 0 Å². The number of aryl methyl sites for hydroxylation is 1. The average molecular weight is 282 g/mol. The van der Waals surface area contributed by atoms with Gasteiger partial charge in [-0.25, -0.2) is 13.1 Å². The third kappa shape index (κ3) is 3.33. The molecule has 1 aliphatic heterocycles. The molecule has 1 amide bonds. The second kappa shape index (κ2) is 5.30.